The summed E-state index contributed by atoms with van der Waals surface area (Å²) in [4.78, 5) is 11.6. The van der Waals surface area contributed by atoms with Gasteiger partial charge in [0.05, 0.1) is 5.60 Å². The van der Waals surface area contributed by atoms with Crippen LogP contribution < -0.4 is 16.4 Å². The van der Waals surface area contributed by atoms with Crippen LogP contribution in [0.5, 0.6) is 0 Å². The van der Waals surface area contributed by atoms with Gasteiger partial charge in [0.1, 0.15) is 0 Å². The zero-order valence-electron chi connectivity index (χ0n) is 10.4. The van der Waals surface area contributed by atoms with Gasteiger partial charge in [-0.15, -0.1) is 0 Å². The molecule has 0 saturated carbocycles. The summed E-state index contributed by atoms with van der Waals surface area (Å²) in [6.07, 6.45) is 0. The van der Waals surface area contributed by atoms with Crippen molar-refractivity contribution in [2.75, 3.05) is 24.7 Å². The molecule has 1 aromatic rings. The number of methoxy groups -OCH3 is 1. The van der Waals surface area contributed by atoms with Gasteiger partial charge in [-0.25, -0.2) is 4.79 Å². The van der Waals surface area contributed by atoms with Crippen molar-refractivity contribution in [1.82, 2.24) is 5.32 Å². The van der Waals surface area contributed by atoms with Crippen LogP contribution in [0.25, 0.3) is 0 Å². The Balaban J connectivity index is 2.42. The molecule has 1 aromatic carbocycles. The topological polar surface area (TPSA) is 76.4 Å². The van der Waals surface area contributed by atoms with E-state index in [4.69, 9.17) is 10.5 Å². The summed E-state index contributed by atoms with van der Waals surface area (Å²) in [7, 11) is 1.61. The molecule has 0 radical (unpaired) electrons. The van der Waals surface area contributed by atoms with E-state index in [1.54, 1.807) is 31.4 Å². The van der Waals surface area contributed by atoms with Crippen molar-refractivity contribution in [3.05, 3.63) is 24.3 Å². The Morgan fingerprint density at radius 2 is 1.94 bits per heavy atom. The maximum atomic E-state index is 11.6. The van der Waals surface area contributed by atoms with E-state index >= 15 is 0 Å². The Morgan fingerprint density at radius 1 is 1.35 bits per heavy atom. The molecule has 1 rings (SSSR count). The molecule has 17 heavy (non-hydrogen) atoms. The zero-order valence-corrected chi connectivity index (χ0v) is 10.4. The summed E-state index contributed by atoms with van der Waals surface area (Å²) in [5.74, 6) is 0. The lowest BCUT2D eigenvalue weighted by atomic mass is 10.1. The van der Waals surface area contributed by atoms with E-state index in [0.29, 0.717) is 17.9 Å². The molecular formula is C12H19N3O2. The molecule has 0 spiro atoms. The Morgan fingerprint density at radius 3 is 2.47 bits per heavy atom. The smallest absolute Gasteiger partial charge is 0.319 e. The normalized spacial score (nSPS) is 11.0. The second-order valence-electron chi connectivity index (χ2n) is 4.39. The lowest BCUT2D eigenvalue weighted by molar-refractivity contribution is 0.0257. The van der Waals surface area contributed by atoms with E-state index in [2.05, 4.69) is 10.6 Å². The molecule has 5 nitrogen and oxygen atoms in total. The van der Waals surface area contributed by atoms with Gasteiger partial charge in [0.25, 0.3) is 0 Å². The number of carbonyl (C=O) groups excluding carboxylic acids is 1. The molecule has 94 valence electrons. The first-order chi connectivity index (χ1) is 7.93. The lowest BCUT2D eigenvalue weighted by Crippen LogP contribution is -2.41. The first-order valence-corrected chi connectivity index (χ1v) is 5.38. The molecule has 0 bridgehead atoms. The number of ether oxygens (including phenoxy) is 1. The highest BCUT2D eigenvalue weighted by atomic mass is 16.5. The van der Waals surface area contributed by atoms with Crippen molar-refractivity contribution < 1.29 is 9.53 Å². The molecule has 0 heterocycles. The minimum absolute atomic E-state index is 0.264. The fourth-order valence-corrected chi connectivity index (χ4v) is 1.11. The van der Waals surface area contributed by atoms with E-state index in [9.17, 15) is 4.79 Å². The highest BCUT2D eigenvalue weighted by Gasteiger charge is 2.17. The Bertz CT molecular complexity index is 374. The minimum atomic E-state index is -0.377. The number of amides is 2. The summed E-state index contributed by atoms with van der Waals surface area (Å²) in [5.41, 5.74) is 6.53. The van der Waals surface area contributed by atoms with Crippen molar-refractivity contribution in [3.63, 3.8) is 0 Å². The van der Waals surface area contributed by atoms with Crippen LogP contribution in [0.3, 0.4) is 0 Å². The van der Waals surface area contributed by atoms with Crippen LogP contribution in [0.15, 0.2) is 24.3 Å². The number of nitrogens with one attached hydrogen (secondary N) is 2. The molecular weight excluding hydrogens is 218 g/mol. The zero-order chi connectivity index (χ0) is 12.9. The number of anilines is 2. The van der Waals surface area contributed by atoms with Crippen LogP contribution >= 0.6 is 0 Å². The molecule has 0 atom stereocenters. The number of hydrogen-bond acceptors (Lipinski definition) is 3. The van der Waals surface area contributed by atoms with Gasteiger partial charge in [-0.05, 0) is 38.1 Å². The van der Waals surface area contributed by atoms with Crippen molar-refractivity contribution in [2.45, 2.75) is 19.4 Å². The van der Waals surface area contributed by atoms with Gasteiger partial charge < -0.3 is 21.1 Å². The standard InChI is InChI=1S/C12H19N3O2/c1-12(2,17-3)8-14-11(16)15-10-6-4-9(13)5-7-10/h4-7H,8,13H2,1-3H3,(H2,14,15,16). The maximum absolute atomic E-state index is 11.6. The highest BCUT2D eigenvalue weighted by Crippen LogP contribution is 2.10. The van der Waals surface area contributed by atoms with Crippen molar-refractivity contribution >= 4 is 17.4 Å². The van der Waals surface area contributed by atoms with Crippen LogP contribution in [0.1, 0.15) is 13.8 Å². The SMILES string of the molecule is COC(C)(C)CNC(=O)Nc1ccc(N)cc1. The summed E-state index contributed by atoms with van der Waals surface area (Å²) < 4.78 is 5.19. The van der Waals surface area contributed by atoms with Gasteiger partial charge in [0.2, 0.25) is 0 Å². The largest absolute Gasteiger partial charge is 0.399 e. The number of hydrogen-bond donors (Lipinski definition) is 3. The molecule has 0 fully saturated rings. The number of urea groups is 1. The van der Waals surface area contributed by atoms with Crippen LogP contribution in [-0.4, -0.2) is 25.3 Å². The molecule has 4 N–H and O–H groups in total. The third kappa shape index (κ3) is 4.74. The number of nitrogen functional groups attached to an aromatic ring is 1. The quantitative estimate of drug-likeness (QED) is 0.699. The third-order valence-electron chi connectivity index (χ3n) is 2.40. The summed E-state index contributed by atoms with van der Waals surface area (Å²) >= 11 is 0. The van der Waals surface area contributed by atoms with Gasteiger partial charge >= 0.3 is 6.03 Å². The van der Waals surface area contributed by atoms with Crippen molar-refractivity contribution in [1.29, 1.82) is 0 Å². The number of benzene rings is 1. The molecule has 0 saturated heterocycles. The van der Waals surface area contributed by atoms with E-state index in [1.165, 1.54) is 0 Å². The van der Waals surface area contributed by atoms with E-state index in [0.717, 1.165) is 0 Å². The van der Waals surface area contributed by atoms with Crippen molar-refractivity contribution in [3.8, 4) is 0 Å². The van der Waals surface area contributed by atoms with Gasteiger partial charge in [0.15, 0.2) is 0 Å². The van der Waals surface area contributed by atoms with Crippen LogP contribution in [0, 0.1) is 0 Å². The van der Waals surface area contributed by atoms with Crippen LogP contribution in [0.2, 0.25) is 0 Å². The van der Waals surface area contributed by atoms with Crippen molar-refractivity contribution in [2.24, 2.45) is 0 Å². The number of carbonyl (C=O) groups is 1. The average molecular weight is 237 g/mol. The first kappa shape index (κ1) is 13.3. The van der Waals surface area contributed by atoms with Gasteiger partial charge in [-0.1, -0.05) is 0 Å². The van der Waals surface area contributed by atoms with Gasteiger partial charge in [-0.2, -0.15) is 0 Å². The molecule has 0 aliphatic carbocycles. The number of rotatable bonds is 4. The molecule has 5 heteroatoms. The Hall–Kier alpha value is -1.75. The summed E-state index contributed by atoms with van der Waals surface area (Å²) in [6, 6.07) is 6.69. The summed E-state index contributed by atoms with van der Waals surface area (Å²) in [5, 5.41) is 5.44. The number of nitrogens with two attached hydrogens (primary N) is 1. The predicted octanol–water partition coefficient (Wildman–Crippen LogP) is 1.82. The molecule has 2 amide bonds. The maximum Gasteiger partial charge on any atom is 0.319 e. The average Bonchev–Trinajstić information content (AvgIpc) is 2.30. The highest BCUT2D eigenvalue weighted by molar-refractivity contribution is 5.89. The predicted molar refractivity (Wildman–Crippen MR) is 69.0 cm³/mol. The van der Waals surface area contributed by atoms with E-state index in [-0.39, 0.29) is 11.6 Å². The van der Waals surface area contributed by atoms with Gasteiger partial charge in [-0.3, -0.25) is 0 Å². The Labute approximate surface area is 101 Å². The monoisotopic (exact) mass is 237 g/mol. The minimum Gasteiger partial charge on any atom is -0.399 e. The second-order valence-corrected chi connectivity index (χ2v) is 4.39. The fourth-order valence-electron chi connectivity index (χ4n) is 1.11. The second kappa shape index (κ2) is 5.54. The lowest BCUT2D eigenvalue weighted by Gasteiger charge is -2.23. The van der Waals surface area contributed by atoms with Gasteiger partial charge in [0, 0.05) is 25.0 Å². The third-order valence-corrected chi connectivity index (χ3v) is 2.40. The van der Waals surface area contributed by atoms with Crippen LogP contribution in [0.4, 0.5) is 16.2 Å². The van der Waals surface area contributed by atoms with E-state index in [1.807, 2.05) is 13.8 Å². The fraction of sp³-hybridized carbons (Fsp3) is 0.417. The molecule has 0 aliphatic heterocycles. The molecule has 0 aromatic heterocycles. The first-order valence-electron chi connectivity index (χ1n) is 5.38. The molecule has 0 aliphatic rings. The van der Waals surface area contributed by atoms with Crippen LogP contribution in [-0.2, 0) is 4.74 Å². The Kier molecular flexibility index (Phi) is 4.34. The molecule has 0 unspecified atom stereocenters. The summed E-state index contributed by atoms with van der Waals surface area (Å²) in [6.45, 7) is 4.23. The van der Waals surface area contributed by atoms with E-state index < -0.39 is 0 Å².